The summed E-state index contributed by atoms with van der Waals surface area (Å²) in [6.45, 7) is 8.33. The molecule has 0 saturated heterocycles. The van der Waals surface area contributed by atoms with Crippen LogP contribution in [0.2, 0.25) is 0 Å². The molecule has 2 heterocycles. The Balaban J connectivity index is 1.44. The molecule has 32 heavy (non-hydrogen) atoms. The van der Waals surface area contributed by atoms with Crippen molar-refractivity contribution >= 4 is 34.3 Å². The molecule has 4 rings (SSSR count). The van der Waals surface area contributed by atoms with Gasteiger partial charge in [-0.25, -0.2) is 9.78 Å². The maximum atomic E-state index is 12.5. The van der Waals surface area contributed by atoms with Crippen LogP contribution in [0.25, 0.3) is 11.1 Å². The second kappa shape index (κ2) is 8.34. The normalized spacial score (nSPS) is 11.5. The number of nitrogen functional groups attached to an aromatic ring is 1. The van der Waals surface area contributed by atoms with Crippen LogP contribution >= 0.6 is 0 Å². The quantitative estimate of drug-likeness (QED) is 0.389. The van der Waals surface area contributed by atoms with Crippen LogP contribution in [0.3, 0.4) is 0 Å². The van der Waals surface area contributed by atoms with Crippen LogP contribution < -0.4 is 16.4 Å². The van der Waals surface area contributed by atoms with Crippen molar-refractivity contribution in [2.24, 2.45) is 0 Å². The van der Waals surface area contributed by atoms with Crippen LogP contribution in [-0.2, 0) is 11.8 Å². The molecule has 0 aliphatic heterocycles. The Bertz CT molecular complexity index is 1270. The molecule has 7 nitrogen and oxygen atoms in total. The maximum Gasteiger partial charge on any atom is 0.323 e. The van der Waals surface area contributed by atoms with Crippen molar-refractivity contribution in [3.8, 4) is 0 Å². The number of urea groups is 1. The monoisotopic (exact) mass is 429 g/mol. The van der Waals surface area contributed by atoms with Crippen molar-refractivity contribution in [3.63, 3.8) is 0 Å². The van der Waals surface area contributed by atoms with Gasteiger partial charge >= 0.3 is 6.03 Å². The maximum absolute atomic E-state index is 12.5. The molecule has 0 radical (unpaired) electrons. The number of pyridine rings is 1. The SMILES string of the molecule is Cc1cc(Cc2ccc(NC(=O)Nc3cccc(C(C)(C)C)c3)cc2)c2c(N)noc2n1. The Morgan fingerprint density at radius 1 is 1.03 bits per heavy atom. The molecule has 0 spiro atoms. The van der Waals surface area contributed by atoms with Gasteiger partial charge in [-0.05, 0) is 65.8 Å². The Morgan fingerprint density at radius 2 is 1.75 bits per heavy atom. The molecule has 7 heteroatoms. The standard InChI is InChI=1S/C25H27N5O2/c1-15-12-17(21-22(26)30-32-23(21)27-15)13-16-8-10-19(11-9-16)28-24(31)29-20-7-5-6-18(14-20)25(2,3)4/h5-12,14H,13H2,1-4H3,(H2,26,30)(H2,28,29,31). The number of anilines is 3. The first-order valence-corrected chi connectivity index (χ1v) is 10.5. The fraction of sp³-hybridized carbons (Fsp3) is 0.240. The summed E-state index contributed by atoms with van der Waals surface area (Å²) >= 11 is 0. The first-order chi connectivity index (χ1) is 15.2. The van der Waals surface area contributed by atoms with Crippen LogP contribution in [0, 0.1) is 6.92 Å². The van der Waals surface area contributed by atoms with Crippen LogP contribution in [0.15, 0.2) is 59.1 Å². The van der Waals surface area contributed by atoms with E-state index in [4.69, 9.17) is 10.3 Å². The first kappa shape index (κ1) is 21.4. The number of carbonyl (C=O) groups is 1. The second-order valence-corrected chi connectivity index (χ2v) is 8.95. The fourth-order valence-corrected chi connectivity index (χ4v) is 3.61. The largest absolute Gasteiger partial charge is 0.380 e. The van der Waals surface area contributed by atoms with Gasteiger partial charge in [0.25, 0.3) is 5.71 Å². The predicted molar refractivity (Wildman–Crippen MR) is 128 cm³/mol. The Kier molecular flexibility index (Phi) is 5.57. The molecular formula is C25H27N5O2. The summed E-state index contributed by atoms with van der Waals surface area (Å²) in [6, 6.07) is 17.3. The molecule has 0 atom stereocenters. The van der Waals surface area contributed by atoms with Crippen molar-refractivity contribution in [3.05, 3.63) is 77.0 Å². The third kappa shape index (κ3) is 4.72. The summed E-state index contributed by atoms with van der Waals surface area (Å²) in [5, 5.41) is 10.3. The van der Waals surface area contributed by atoms with Gasteiger partial charge in [0.15, 0.2) is 5.82 Å². The van der Waals surface area contributed by atoms with E-state index in [-0.39, 0.29) is 11.4 Å². The summed E-state index contributed by atoms with van der Waals surface area (Å²) in [4.78, 5) is 16.8. The van der Waals surface area contributed by atoms with Crippen molar-refractivity contribution in [1.29, 1.82) is 0 Å². The van der Waals surface area contributed by atoms with E-state index in [0.717, 1.165) is 33.5 Å². The molecule has 0 unspecified atom stereocenters. The number of benzene rings is 2. The molecule has 0 fully saturated rings. The van der Waals surface area contributed by atoms with Gasteiger partial charge < -0.3 is 20.9 Å². The molecule has 2 aromatic carbocycles. The molecule has 4 aromatic rings. The topological polar surface area (TPSA) is 106 Å². The van der Waals surface area contributed by atoms with Crippen LogP contribution in [0.4, 0.5) is 22.0 Å². The van der Waals surface area contributed by atoms with Gasteiger partial charge in [-0.2, -0.15) is 0 Å². The van der Waals surface area contributed by atoms with Crippen molar-refractivity contribution < 1.29 is 9.32 Å². The minimum absolute atomic E-state index is 0.0140. The van der Waals surface area contributed by atoms with Gasteiger partial charge in [-0.15, -0.1) is 0 Å². The third-order valence-corrected chi connectivity index (χ3v) is 5.28. The summed E-state index contributed by atoms with van der Waals surface area (Å²) in [5.41, 5.74) is 12.0. The number of amides is 2. The number of hydrogen-bond donors (Lipinski definition) is 3. The average Bonchev–Trinajstić information content (AvgIpc) is 3.09. The zero-order chi connectivity index (χ0) is 22.9. The molecule has 0 bridgehead atoms. The summed E-state index contributed by atoms with van der Waals surface area (Å²) < 4.78 is 5.20. The smallest absolute Gasteiger partial charge is 0.323 e. The molecule has 4 N–H and O–H groups in total. The lowest BCUT2D eigenvalue weighted by Crippen LogP contribution is -2.20. The van der Waals surface area contributed by atoms with Crippen molar-refractivity contribution in [1.82, 2.24) is 10.1 Å². The number of nitrogens with one attached hydrogen (secondary N) is 2. The number of carbonyl (C=O) groups excluding carboxylic acids is 1. The van der Waals surface area contributed by atoms with Crippen molar-refractivity contribution in [2.75, 3.05) is 16.4 Å². The van der Waals surface area contributed by atoms with E-state index < -0.39 is 0 Å². The highest BCUT2D eigenvalue weighted by Gasteiger charge is 2.15. The minimum Gasteiger partial charge on any atom is -0.380 e. The van der Waals surface area contributed by atoms with E-state index in [9.17, 15) is 4.79 Å². The number of rotatable bonds is 4. The Hall–Kier alpha value is -3.87. The Labute approximate surface area is 187 Å². The molecule has 164 valence electrons. The van der Waals surface area contributed by atoms with E-state index in [1.807, 2.05) is 55.5 Å². The van der Waals surface area contributed by atoms with Gasteiger partial charge in [-0.1, -0.05) is 50.2 Å². The summed E-state index contributed by atoms with van der Waals surface area (Å²) in [5.74, 6) is 0.341. The first-order valence-electron chi connectivity index (χ1n) is 10.5. The number of fused-ring (bicyclic) bond motifs is 1. The van der Waals surface area contributed by atoms with Gasteiger partial charge in [0, 0.05) is 17.1 Å². The lowest BCUT2D eigenvalue weighted by molar-refractivity contribution is 0.262. The average molecular weight is 430 g/mol. The highest BCUT2D eigenvalue weighted by Crippen LogP contribution is 2.27. The number of nitrogens with two attached hydrogens (primary N) is 1. The second-order valence-electron chi connectivity index (χ2n) is 8.95. The van der Waals surface area contributed by atoms with E-state index in [1.165, 1.54) is 0 Å². The molecular weight excluding hydrogens is 402 g/mol. The zero-order valence-corrected chi connectivity index (χ0v) is 18.7. The van der Waals surface area contributed by atoms with E-state index in [2.05, 4.69) is 47.6 Å². The van der Waals surface area contributed by atoms with E-state index in [0.29, 0.717) is 23.6 Å². The fourth-order valence-electron chi connectivity index (χ4n) is 3.61. The van der Waals surface area contributed by atoms with Crippen LogP contribution in [0.5, 0.6) is 0 Å². The Morgan fingerprint density at radius 3 is 2.47 bits per heavy atom. The predicted octanol–water partition coefficient (Wildman–Crippen LogP) is 5.65. The third-order valence-electron chi connectivity index (χ3n) is 5.28. The zero-order valence-electron chi connectivity index (χ0n) is 18.7. The van der Waals surface area contributed by atoms with E-state index >= 15 is 0 Å². The van der Waals surface area contributed by atoms with Gasteiger partial charge in [0.05, 0.1) is 5.39 Å². The van der Waals surface area contributed by atoms with Gasteiger partial charge in [-0.3, -0.25) is 0 Å². The number of nitrogens with zero attached hydrogens (tertiary/aromatic N) is 2. The number of aryl methyl sites for hydroxylation is 1. The number of hydrogen-bond acceptors (Lipinski definition) is 5. The lowest BCUT2D eigenvalue weighted by Gasteiger charge is -2.20. The number of aromatic nitrogens is 2. The van der Waals surface area contributed by atoms with Crippen molar-refractivity contribution in [2.45, 2.75) is 39.5 Å². The lowest BCUT2D eigenvalue weighted by atomic mass is 9.87. The van der Waals surface area contributed by atoms with Gasteiger partial charge in [0.2, 0.25) is 0 Å². The molecule has 2 amide bonds. The molecule has 0 saturated carbocycles. The molecule has 0 aliphatic rings. The molecule has 2 aromatic heterocycles. The van der Waals surface area contributed by atoms with Crippen LogP contribution in [-0.4, -0.2) is 16.2 Å². The van der Waals surface area contributed by atoms with Gasteiger partial charge in [0.1, 0.15) is 0 Å². The highest BCUT2D eigenvalue weighted by molar-refractivity contribution is 5.99. The summed E-state index contributed by atoms with van der Waals surface area (Å²) in [7, 11) is 0. The summed E-state index contributed by atoms with van der Waals surface area (Å²) in [6.07, 6.45) is 0.650. The minimum atomic E-state index is -0.285. The van der Waals surface area contributed by atoms with E-state index in [1.54, 1.807) is 0 Å². The van der Waals surface area contributed by atoms with Crippen LogP contribution in [0.1, 0.15) is 43.2 Å². The highest BCUT2D eigenvalue weighted by atomic mass is 16.5. The molecule has 0 aliphatic carbocycles.